The lowest BCUT2D eigenvalue weighted by Gasteiger charge is -2.07. The van der Waals surface area contributed by atoms with E-state index in [1.54, 1.807) is 31.3 Å². The molecule has 0 radical (unpaired) electrons. The third kappa shape index (κ3) is 4.51. The number of hydrogen-bond donors (Lipinski definition) is 1. The number of guanidine groups is 1. The van der Waals surface area contributed by atoms with E-state index in [1.807, 2.05) is 18.2 Å². The highest BCUT2D eigenvalue weighted by atomic mass is 35.5. The molecular formula is C10H14Cl2N4. The number of benzene rings is 1. The lowest BCUT2D eigenvalue weighted by molar-refractivity contribution is 0.611. The van der Waals surface area contributed by atoms with Crippen LogP contribution in [0.5, 0.6) is 0 Å². The molecule has 1 aromatic rings. The summed E-state index contributed by atoms with van der Waals surface area (Å²) in [5, 5.41) is 8.27. The van der Waals surface area contributed by atoms with Gasteiger partial charge < -0.3 is 10.6 Å². The monoisotopic (exact) mass is 260 g/mol. The molecular weight excluding hydrogens is 247 g/mol. The van der Waals surface area contributed by atoms with E-state index in [-0.39, 0.29) is 12.4 Å². The van der Waals surface area contributed by atoms with Crippen LogP contribution >= 0.6 is 24.0 Å². The second kappa shape index (κ2) is 7.09. The molecule has 0 fully saturated rings. The Labute approximate surface area is 106 Å². The Morgan fingerprint density at radius 2 is 2.00 bits per heavy atom. The molecule has 1 aromatic carbocycles. The number of rotatable bonds is 2. The van der Waals surface area contributed by atoms with Crippen molar-refractivity contribution in [3.8, 4) is 0 Å². The van der Waals surface area contributed by atoms with Crippen LogP contribution in [0.4, 0.5) is 0 Å². The summed E-state index contributed by atoms with van der Waals surface area (Å²) in [4.78, 5) is 1.67. The van der Waals surface area contributed by atoms with Crippen molar-refractivity contribution in [2.45, 2.75) is 0 Å². The first-order chi connectivity index (χ1) is 7.11. The van der Waals surface area contributed by atoms with Gasteiger partial charge in [0.05, 0.1) is 6.21 Å². The maximum absolute atomic E-state index is 5.92. The molecule has 0 aliphatic carbocycles. The summed E-state index contributed by atoms with van der Waals surface area (Å²) in [5.74, 6) is 0.346. The number of nitrogens with zero attached hydrogens (tertiary/aromatic N) is 3. The van der Waals surface area contributed by atoms with Crippen LogP contribution in [0.15, 0.2) is 34.5 Å². The van der Waals surface area contributed by atoms with Gasteiger partial charge in [0, 0.05) is 24.7 Å². The number of halogens is 2. The average molecular weight is 261 g/mol. The molecule has 88 valence electrons. The zero-order valence-corrected chi connectivity index (χ0v) is 10.7. The summed E-state index contributed by atoms with van der Waals surface area (Å²) < 4.78 is 0. The van der Waals surface area contributed by atoms with E-state index in [0.717, 1.165) is 5.56 Å². The number of hydrogen-bond acceptors (Lipinski definition) is 2. The molecule has 0 unspecified atom stereocenters. The Morgan fingerprint density at radius 1 is 1.38 bits per heavy atom. The minimum absolute atomic E-state index is 0. The van der Waals surface area contributed by atoms with Gasteiger partial charge in [-0.1, -0.05) is 29.8 Å². The largest absolute Gasteiger partial charge is 0.368 e. The summed E-state index contributed by atoms with van der Waals surface area (Å²) >= 11 is 5.92. The summed E-state index contributed by atoms with van der Waals surface area (Å²) in [7, 11) is 3.59. The van der Waals surface area contributed by atoms with Crippen molar-refractivity contribution in [3.63, 3.8) is 0 Å². The summed E-state index contributed by atoms with van der Waals surface area (Å²) in [5.41, 5.74) is 6.36. The van der Waals surface area contributed by atoms with Crippen LogP contribution in [0.25, 0.3) is 0 Å². The van der Waals surface area contributed by atoms with E-state index in [4.69, 9.17) is 17.3 Å². The van der Waals surface area contributed by atoms with Crippen molar-refractivity contribution in [1.82, 2.24) is 4.90 Å². The molecule has 1 rings (SSSR count). The van der Waals surface area contributed by atoms with Gasteiger partial charge in [-0.15, -0.1) is 17.5 Å². The van der Waals surface area contributed by atoms with Crippen molar-refractivity contribution >= 4 is 36.2 Å². The van der Waals surface area contributed by atoms with Gasteiger partial charge in [-0.3, -0.25) is 0 Å². The van der Waals surface area contributed by atoms with Gasteiger partial charge in [-0.05, 0) is 6.07 Å². The van der Waals surface area contributed by atoms with E-state index in [2.05, 4.69) is 10.2 Å². The topological polar surface area (TPSA) is 54.0 Å². The first kappa shape index (κ1) is 14.7. The van der Waals surface area contributed by atoms with Crippen LogP contribution in [0.3, 0.4) is 0 Å². The summed E-state index contributed by atoms with van der Waals surface area (Å²) in [6, 6.07) is 7.39. The van der Waals surface area contributed by atoms with Gasteiger partial charge in [0.2, 0.25) is 5.96 Å². The van der Waals surface area contributed by atoms with E-state index < -0.39 is 0 Å². The van der Waals surface area contributed by atoms with Crippen LogP contribution < -0.4 is 5.73 Å². The van der Waals surface area contributed by atoms with Crippen LogP contribution in [-0.4, -0.2) is 31.2 Å². The molecule has 0 spiro atoms. The molecule has 0 saturated carbocycles. The van der Waals surface area contributed by atoms with Crippen molar-refractivity contribution < 1.29 is 0 Å². The van der Waals surface area contributed by atoms with Crippen molar-refractivity contribution in [1.29, 1.82) is 0 Å². The summed E-state index contributed by atoms with van der Waals surface area (Å²) in [6.45, 7) is 0. The Hall–Kier alpha value is -1.26. The van der Waals surface area contributed by atoms with E-state index in [1.165, 1.54) is 0 Å². The third-order valence-electron chi connectivity index (χ3n) is 1.72. The standard InChI is InChI=1S/C10H13ClN4.ClH/c1-15(2)10(12)14-13-7-8-5-3-4-6-9(8)11;/h3-7H,1-2H3,(H2,12,14);1H/b13-7+;. The van der Waals surface area contributed by atoms with Crippen LogP contribution in [0.1, 0.15) is 5.56 Å². The van der Waals surface area contributed by atoms with Crippen LogP contribution in [0.2, 0.25) is 5.02 Å². The second-order valence-corrected chi connectivity index (χ2v) is 3.53. The van der Waals surface area contributed by atoms with Crippen molar-refractivity contribution in [3.05, 3.63) is 34.9 Å². The van der Waals surface area contributed by atoms with Gasteiger partial charge in [0.15, 0.2) is 0 Å². The zero-order valence-electron chi connectivity index (χ0n) is 9.09. The zero-order chi connectivity index (χ0) is 11.3. The molecule has 0 aliphatic heterocycles. The van der Waals surface area contributed by atoms with Gasteiger partial charge in [0.25, 0.3) is 0 Å². The minimum atomic E-state index is 0. The Kier molecular flexibility index (Phi) is 6.53. The lowest BCUT2D eigenvalue weighted by Crippen LogP contribution is -2.29. The average Bonchev–Trinajstić information content (AvgIpc) is 2.20. The molecule has 2 N–H and O–H groups in total. The quantitative estimate of drug-likeness (QED) is 0.502. The smallest absolute Gasteiger partial charge is 0.215 e. The van der Waals surface area contributed by atoms with E-state index >= 15 is 0 Å². The molecule has 0 aromatic heterocycles. The maximum atomic E-state index is 5.92. The van der Waals surface area contributed by atoms with Crippen LogP contribution in [0, 0.1) is 0 Å². The minimum Gasteiger partial charge on any atom is -0.368 e. The molecule has 6 heteroatoms. The van der Waals surface area contributed by atoms with Gasteiger partial charge in [0.1, 0.15) is 0 Å². The molecule has 0 heterocycles. The normalized spacial score (nSPS) is 11.3. The Bertz CT molecular complexity index is 388. The van der Waals surface area contributed by atoms with Gasteiger partial charge >= 0.3 is 0 Å². The molecule has 0 atom stereocenters. The predicted molar refractivity (Wildman–Crippen MR) is 71.6 cm³/mol. The molecule has 0 saturated heterocycles. The number of nitrogens with two attached hydrogens (primary N) is 1. The van der Waals surface area contributed by atoms with Crippen molar-refractivity contribution in [2.24, 2.45) is 15.9 Å². The third-order valence-corrected chi connectivity index (χ3v) is 2.06. The maximum Gasteiger partial charge on any atom is 0.215 e. The molecule has 4 nitrogen and oxygen atoms in total. The Balaban J connectivity index is 0.00000225. The molecule has 0 aliphatic rings. The molecule has 0 amide bonds. The van der Waals surface area contributed by atoms with Crippen molar-refractivity contribution in [2.75, 3.05) is 14.1 Å². The SMILES string of the molecule is CN(C)/C(N)=N\N=C\c1ccccc1Cl.Cl. The highest BCUT2D eigenvalue weighted by molar-refractivity contribution is 6.33. The highest BCUT2D eigenvalue weighted by Gasteiger charge is 1.94. The van der Waals surface area contributed by atoms with E-state index in [0.29, 0.717) is 11.0 Å². The molecule has 16 heavy (non-hydrogen) atoms. The van der Waals surface area contributed by atoms with Gasteiger partial charge in [-0.2, -0.15) is 5.10 Å². The van der Waals surface area contributed by atoms with E-state index in [9.17, 15) is 0 Å². The fourth-order valence-corrected chi connectivity index (χ4v) is 1.00. The molecule has 0 bridgehead atoms. The second-order valence-electron chi connectivity index (χ2n) is 3.12. The summed E-state index contributed by atoms with van der Waals surface area (Å²) in [6.07, 6.45) is 1.57. The predicted octanol–water partition coefficient (Wildman–Crippen LogP) is 1.97. The fraction of sp³-hybridized carbons (Fsp3) is 0.200. The van der Waals surface area contributed by atoms with Crippen LogP contribution in [-0.2, 0) is 0 Å². The Morgan fingerprint density at radius 3 is 2.56 bits per heavy atom. The highest BCUT2D eigenvalue weighted by Crippen LogP contribution is 2.12. The first-order valence-corrected chi connectivity index (χ1v) is 4.77. The lowest BCUT2D eigenvalue weighted by atomic mass is 10.2. The fourth-order valence-electron chi connectivity index (χ4n) is 0.819. The van der Waals surface area contributed by atoms with Gasteiger partial charge in [-0.25, -0.2) is 0 Å². The first-order valence-electron chi connectivity index (χ1n) is 4.39.